The molecule has 1 atom stereocenters. The van der Waals surface area contributed by atoms with E-state index in [9.17, 15) is 14.7 Å². The van der Waals surface area contributed by atoms with Gasteiger partial charge in [0.15, 0.2) is 5.13 Å². The summed E-state index contributed by atoms with van der Waals surface area (Å²) in [7, 11) is 0. The average molecular weight is 499 g/mol. The van der Waals surface area contributed by atoms with Crippen LogP contribution >= 0.6 is 27.3 Å². The number of ketones is 1. The number of halogens is 1. The Bertz CT molecular complexity index is 1140. The summed E-state index contributed by atoms with van der Waals surface area (Å²) >= 11 is 4.70. The van der Waals surface area contributed by atoms with Crippen molar-refractivity contribution in [3.63, 3.8) is 0 Å². The molecule has 3 aromatic rings. The molecule has 1 fully saturated rings. The lowest BCUT2D eigenvalue weighted by Gasteiger charge is -2.23. The van der Waals surface area contributed by atoms with Crippen molar-refractivity contribution in [1.29, 1.82) is 0 Å². The summed E-state index contributed by atoms with van der Waals surface area (Å²) < 4.78 is 6.38. The second-order valence-corrected chi connectivity index (χ2v) is 8.70. The number of carbonyl (C=O) groups excluding carboxylic acids is 2. The standard InChI is InChI=1S/C23H19BrN2O4S/c1-2-11-30-17-8-6-14(7-9-17)20(27)18-19(15-4-3-5-16(24)13-15)26(22(29)21(18)28)23-25-10-12-31-23/h3-10,12-13,19,27H,2,11H2,1H3. The zero-order valence-electron chi connectivity index (χ0n) is 16.6. The first-order chi connectivity index (χ1) is 15.0. The summed E-state index contributed by atoms with van der Waals surface area (Å²) in [6.07, 6.45) is 2.46. The number of hydrogen-bond donors (Lipinski definition) is 1. The van der Waals surface area contributed by atoms with Crippen molar-refractivity contribution in [2.24, 2.45) is 0 Å². The molecule has 158 valence electrons. The highest BCUT2D eigenvalue weighted by Crippen LogP contribution is 2.43. The average Bonchev–Trinajstić information content (AvgIpc) is 3.39. The first-order valence-corrected chi connectivity index (χ1v) is 11.4. The smallest absolute Gasteiger partial charge is 0.301 e. The van der Waals surface area contributed by atoms with Gasteiger partial charge in [0.25, 0.3) is 5.78 Å². The van der Waals surface area contributed by atoms with Gasteiger partial charge >= 0.3 is 5.91 Å². The molecule has 1 aliphatic heterocycles. The normalized spacial score (nSPS) is 17.9. The van der Waals surface area contributed by atoms with E-state index in [1.54, 1.807) is 35.8 Å². The number of aliphatic hydroxyl groups excluding tert-OH is 1. The van der Waals surface area contributed by atoms with E-state index >= 15 is 0 Å². The van der Waals surface area contributed by atoms with E-state index in [1.165, 1.54) is 16.2 Å². The Balaban J connectivity index is 1.83. The van der Waals surface area contributed by atoms with E-state index in [2.05, 4.69) is 20.9 Å². The number of rotatable bonds is 6. The minimum atomic E-state index is -0.792. The second kappa shape index (κ2) is 9.03. The van der Waals surface area contributed by atoms with Crippen LogP contribution in [0.4, 0.5) is 5.13 Å². The van der Waals surface area contributed by atoms with Gasteiger partial charge in [0.1, 0.15) is 11.5 Å². The van der Waals surface area contributed by atoms with Crippen LogP contribution in [0.2, 0.25) is 0 Å². The number of anilines is 1. The Labute approximate surface area is 191 Å². The fourth-order valence-corrected chi connectivity index (χ4v) is 4.53. The molecule has 0 bridgehead atoms. The van der Waals surface area contributed by atoms with Gasteiger partial charge in [0.05, 0.1) is 18.2 Å². The quantitative estimate of drug-likeness (QED) is 0.282. The summed E-state index contributed by atoms with van der Waals surface area (Å²) in [6.45, 7) is 2.61. The van der Waals surface area contributed by atoms with E-state index in [4.69, 9.17) is 4.74 Å². The van der Waals surface area contributed by atoms with Crippen LogP contribution < -0.4 is 9.64 Å². The Hall–Kier alpha value is -2.97. The summed E-state index contributed by atoms with van der Waals surface area (Å²) in [4.78, 5) is 31.6. The van der Waals surface area contributed by atoms with E-state index in [0.717, 1.165) is 10.9 Å². The van der Waals surface area contributed by atoms with Crippen LogP contribution in [0.25, 0.3) is 5.76 Å². The highest BCUT2D eigenvalue weighted by Gasteiger charge is 2.48. The third-order valence-corrected chi connectivity index (χ3v) is 6.10. The number of benzene rings is 2. The zero-order valence-corrected chi connectivity index (χ0v) is 19.0. The third kappa shape index (κ3) is 4.13. The first kappa shape index (κ1) is 21.3. The Morgan fingerprint density at radius 3 is 2.65 bits per heavy atom. The van der Waals surface area contributed by atoms with Gasteiger partial charge in [0.2, 0.25) is 0 Å². The maximum atomic E-state index is 13.0. The lowest BCUT2D eigenvalue weighted by molar-refractivity contribution is -0.132. The number of amides is 1. The number of carbonyl (C=O) groups is 2. The van der Waals surface area contributed by atoms with Crippen LogP contribution in [0.5, 0.6) is 5.75 Å². The Kier molecular flexibility index (Phi) is 6.20. The molecule has 1 N–H and O–H groups in total. The molecule has 2 heterocycles. The van der Waals surface area contributed by atoms with E-state index < -0.39 is 17.7 Å². The molecule has 0 radical (unpaired) electrons. The summed E-state index contributed by atoms with van der Waals surface area (Å²) in [5, 5.41) is 13.2. The minimum Gasteiger partial charge on any atom is -0.507 e. The van der Waals surface area contributed by atoms with Gasteiger partial charge in [0, 0.05) is 21.6 Å². The number of thiazole rings is 1. The van der Waals surface area contributed by atoms with Crippen molar-refractivity contribution < 1.29 is 19.4 Å². The number of nitrogens with zero attached hydrogens (tertiary/aromatic N) is 2. The molecule has 1 unspecified atom stereocenters. The van der Waals surface area contributed by atoms with Gasteiger partial charge in [-0.3, -0.25) is 14.5 Å². The van der Waals surface area contributed by atoms with Crippen molar-refractivity contribution in [2.45, 2.75) is 19.4 Å². The molecule has 0 saturated carbocycles. The van der Waals surface area contributed by atoms with Crippen molar-refractivity contribution >= 4 is 49.8 Å². The molecule has 31 heavy (non-hydrogen) atoms. The molecule has 1 aliphatic rings. The predicted octanol–water partition coefficient (Wildman–Crippen LogP) is 5.32. The lowest BCUT2D eigenvalue weighted by atomic mass is 9.95. The Morgan fingerprint density at radius 1 is 1.23 bits per heavy atom. The van der Waals surface area contributed by atoms with Gasteiger partial charge in [-0.05, 0) is 48.4 Å². The molecule has 0 spiro atoms. The second-order valence-electron chi connectivity index (χ2n) is 6.91. The molecule has 2 aromatic carbocycles. The van der Waals surface area contributed by atoms with E-state index in [-0.39, 0.29) is 11.3 Å². The molecular weight excluding hydrogens is 480 g/mol. The third-order valence-electron chi connectivity index (χ3n) is 4.83. The minimum absolute atomic E-state index is 0.0283. The van der Waals surface area contributed by atoms with E-state index in [0.29, 0.717) is 28.6 Å². The molecule has 1 aromatic heterocycles. The summed E-state index contributed by atoms with van der Waals surface area (Å²) in [6, 6.07) is 13.3. The van der Waals surface area contributed by atoms with Crippen molar-refractivity contribution in [2.75, 3.05) is 11.5 Å². The molecule has 8 heteroatoms. The largest absolute Gasteiger partial charge is 0.507 e. The van der Waals surface area contributed by atoms with Crippen LogP contribution in [0.3, 0.4) is 0 Å². The number of aromatic nitrogens is 1. The van der Waals surface area contributed by atoms with Crippen LogP contribution in [-0.4, -0.2) is 28.4 Å². The van der Waals surface area contributed by atoms with Crippen LogP contribution in [-0.2, 0) is 9.59 Å². The Morgan fingerprint density at radius 2 is 2.00 bits per heavy atom. The monoisotopic (exact) mass is 498 g/mol. The topological polar surface area (TPSA) is 79.7 Å². The lowest BCUT2D eigenvalue weighted by Crippen LogP contribution is -2.29. The highest BCUT2D eigenvalue weighted by atomic mass is 79.9. The van der Waals surface area contributed by atoms with Crippen LogP contribution in [0.15, 0.2) is 70.2 Å². The predicted molar refractivity (Wildman–Crippen MR) is 123 cm³/mol. The molecule has 1 saturated heterocycles. The van der Waals surface area contributed by atoms with Gasteiger partial charge in [-0.15, -0.1) is 11.3 Å². The van der Waals surface area contributed by atoms with Crippen molar-refractivity contribution in [1.82, 2.24) is 4.98 Å². The van der Waals surface area contributed by atoms with Gasteiger partial charge < -0.3 is 9.84 Å². The SMILES string of the molecule is CCCOc1ccc(C(O)=C2C(=O)C(=O)N(c3nccs3)C2c2cccc(Br)c2)cc1. The molecule has 6 nitrogen and oxygen atoms in total. The maximum Gasteiger partial charge on any atom is 0.301 e. The van der Waals surface area contributed by atoms with Crippen LogP contribution in [0, 0.1) is 0 Å². The number of Topliss-reactive ketones (excluding diaryl/α,β-unsaturated/α-hetero) is 1. The molecular formula is C23H19BrN2O4S. The fraction of sp³-hybridized carbons (Fsp3) is 0.174. The van der Waals surface area contributed by atoms with Crippen molar-refractivity contribution in [3.05, 3.63) is 81.3 Å². The number of aliphatic hydroxyl groups is 1. The maximum absolute atomic E-state index is 13.0. The van der Waals surface area contributed by atoms with E-state index in [1.807, 2.05) is 31.2 Å². The highest BCUT2D eigenvalue weighted by molar-refractivity contribution is 9.10. The summed E-state index contributed by atoms with van der Waals surface area (Å²) in [5.74, 6) is -1.03. The van der Waals surface area contributed by atoms with Gasteiger partial charge in [-0.1, -0.05) is 35.0 Å². The number of ether oxygens (including phenoxy) is 1. The summed E-state index contributed by atoms with van der Waals surface area (Å²) in [5.41, 5.74) is 1.15. The first-order valence-electron chi connectivity index (χ1n) is 9.70. The zero-order chi connectivity index (χ0) is 22.0. The van der Waals surface area contributed by atoms with Crippen LogP contribution in [0.1, 0.15) is 30.5 Å². The molecule has 1 amide bonds. The van der Waals surface area contributed by atoms with Gasteiger partial charge in [-0.25, -0.2) is 4.98 Å². The van der Waals surface area contributed by atoms with Gasteiger partial charge in [-0.2, -0.15) is 0 Å². The molecule has 4 rings (SSSR count). The molecule has 0 aliphatic carbocycles. The van der Waals surface area contributed by atoms with Crippen molar-refractivity contribution in [3.8, 4) is 5.75 Å². The number of hydrogen-bond acceptors (Lipinski definition) is 6. The fourth-order valence-electron chi connectivity index (χ4n) is 3.44.